The minimum Gasteiger partial charge on any atom is -0.489 e. The molecule has 34 heavy (non-hydrogen) atoms. The maximum Gasteiger partial charge on any atom is 0.240 e. The van der Waals surface area contributed by atoms with Crippen molar-refractivity contribution in [1.29, 1.82) is 0 Å². The minimum atomic E-state index is -0.548. The fourth-order valence-electron chi connectivity index (χ4n) is 3.08. The summed E-state index contributed by atoms with van der Waals surface area (Å²) in [5, 5.41) is 14.0. The van der Waals surface area contributed by atoms with E-state index in [1.165, 1.54) is 11.8 Å². The molecule has 0 aromatic heterocycles. The molecule has 0 bridgehead atoms. The summed E-state index contributed by atoms with van der Waals surface area (Å²) >= 11 is 7.17. The SMILES string of the molecule is O=C(C[C@@H]1S/C(=N\N=C/c2ccc(OCc3cccc(Cl)c3)cc2)NC1=O)Nc1ccccc1. The van der Waals surface area contributed by atoms with Gasteiger partial charge in [-0.2, -0.15) is 5.10 Å². The first-order valence-corrected chi connectivity index (χ1v) is 11.7. The van der Waals surface area contributed by atoms with Crippen LogP contribution in [0.5, 0.6) is 5.75 Å². The highest BCUT2D eigenvalue weighted by Crippen LogP contribution is 2.23. The first-order chi connectivity index (χ1) is 16.5. The molecular formula is C25H21ClN4O3S. The largest absolute Gasteiger partial charge is 0.489 e. The number of anilines is 1. The van der Waals surface area contributed by atoms with Crippen molar-refractivity contribution in [2.75, 3.05) is 5.32 Å². The van der Waals surface area contributed by atoms with E-state index in [0.29, 0.717) is 22.5 Å². The van der Waals surface area contributed by atoms with E-state index in [4.69, 9.17) is 16.3 Å². The Morgan fingerprint density at radius 1 is 1.09 bits per heavy atom. The Balaban J connectivity index is 1.26. The predicted octanol–water partition coefficient (Wildman–Crippen LogP) is 4.87. The smallest absolute Gasteiger partial charge is 0.240 e. The van der Waals surface area contributed by atoms with Gasteiger partial charge >= 0.3 is 0 Å². The Bertz CT molecular complexity index is 1220. The van der Waals surface area contributed by atoms with Crippen LogP contribution < -0.4 is 15.4 Å². The standard InChI is InChI=1S/C25H21ClN4O3S/c26-19-6-4-5-18(13-19)16-33-21-11-9-17(10-12-21)15-27-30-25-29-24(32)22(34-25)14-23(31)28-20-7-2-1-3-8-20/h1-13,15,22H,14,16H2,(H,28,31)(H,29,30,32)/b27-15-/t22-/m0/s1. The van der Waals surface area contributed by atoms with Crippen molar-refractivity contribution in [3.63, 3.8) is 0 Å². The molecule has 0 aliphatic carbocycles. The number of hydrogen-bond donors (Lipinski definition) is 2. The Hall–Kier alpha value is -3.62. The number of nitrogens with zero attached hydrogens (tertiary/aromatic N) is 2. The van der Waals surface area contributed by atoms with E-state index in [-0.39, 0.29) is 18.2 Å². The van der Waals surface area contributed by atoms with Gasteiger partial charge in [-0.15, -0.1) is 5.10 Å². The molecule has 3 aromatic rings. The van der Waals surface area contributed by atoms with Gasteiger partial charge in [0.05, 0.1) is 6.21 Å². The lowest BCUT2D eigenvalue weighted by Crippen LogP contribution is -2.28. The number of carbonyl (C=O) groups excluding carboxylic acids is 2. The second-order valence-corrected chi connectivity index (χ2v) is 8.98. The summed E-state index contributed by atoms with van der Waals surface area (Å²) in [5.41, 5.74) is 2.50. The number of thioether (sulfide) groups is 1. The molecule has 1 aliphatic heterocycles. The van der Waals surface area contributed by atoms with Gasteiger partial charge in [0.1, 0.15) is 17.6 Å². The molecule has 2 N–H and O–H groups in total. The molecule has 0 unspecified atom stereocenters. The van der Waals surface area contributed by atoms with Crippen molar-refractivity contribution >= 4 is 52.2 Å². The van der Waals surface area contributed by atoms with Gasteiger partial charge in [-0.1, -0.05) is 53.7 Å². The van der Waals surface area contributed by atoms with Crippen LogP contribution in [0.25, 0.3) is 0 Å². The molecule has 9 heteroatoms. The van der Waals surface area contributed by atoms with Crippen LogP contribution in [0, 0.1) is 0 Å². The quantitative estimate of drug-likeness (QED) is 0.346. The van der Waals surface area contributed by atoms with Crippen LogP contribution in [0.2, 0.25) is 5.02 Å². The lowest BCUT2D eigenvalue weighted by Gasteiger charge is -2.07. The molecule has 172 valence electrons. The number of rotatable bonds is 8. The minimum absolute atomic E-state index is 0.0464. The monoisotopic (exact) mass is 492 g/mol. The zero-order chi connectivity index (χ0) is 23.8. The Morgan fingerprint density at radius 3 is 2.65 bits per heavy atom. The molecule has 4 rings (SSSR count). The average molecular weight is 493 g/mol. The summed E-state index contributed by atoms with van der Waals surface area (Å²) in [6, 6.07) is 24.0. The van der Waals surface area contributed by atoms with E-state index >= 15 is 0 Å². The Morgan fingerprint density at radius 2 is 1.88 bits per heavy atom. The topological polar surface area (TPSA) is 92.2 Å². The Kier molecular flexibility index (Phi) is 7.95. The zero-order valence-corrected chi connectivity index (χ0v) is 19.6. The van der Waals surface area contributed by atoms with Gasteiger partial charge in [0.15, 0.2) is 5.17 Å². The maximum atomic E-state index is 12.2. The average Bonchev–Trinajstić information content (AvgIpc) is 3.18. The van der Waals surface area contributed by atoms with E-state index < -0.39 is 5.25 Å². The molecule has 1 heterocycles. The van der Waals surface area contributed by atoms with Crippen molar-refractivity contribution in [3.8, 4) is 5.75 Å². The lowest BCUT2D eigenvalue weighted by molar-refractivity contribution is -0.122. The lowest BCUT2D eigenvalue weighted by atomic mass is 10.2. The van der Waals surface area contributed by atoms with Crippen LogP contribution in [0.3, 0.4) is 0 Å². The third-order valence-electron chi connectivity index (χ3n) is 4.73. The van der Waals surface area contributed by atoms with E-state index in [9.17, 15) is 9.59 Å². The molecule has 2 amide bonds. The summed E-state index contributed by atoms with van der Waals surface area (Å²) in [5.74, 6) is 0.225. The fourth-order valence-corrected chi connectivity index (χ4v) is 4.22. The van der Waals surface area contributed by atoms with Crippen molar-refractivity contribution < 1.29 is 14.3 Å². The number of nitrogens with one attached hydrogen (secondary N) is 2. The van der Waals surface area contributed by atoms with Gasteiger partial charge in [0, 0.05) is 17.1 Å². The van der Waals surface area contributed by atoms with Crippen LogP contribution in [-0.2, 0) is 16.2 Å². The van der Waals surface area contributed by atoms with Crippen molar-refractivity contribution in [2.45, 2.75) is 18.3 Å². The number of amides is 2. The van der Waals surface area contributed by atoms with Crippen molar-refractivity contribution in [2.24, 2.45) is 10.2 Å². The van der Waals surface area contributed by atoms with Crippen LogP contribution in [0.4, 0.5) is 5.69 Å². The van der Waals surface area contributed by atoms with Gasteiger partial charge < -0.3 is 15.4 Å². The summed E-state index contributed by atoms with van der Waals surface area (Å²) < 4.78 is 5.77. The summed E-state index contributed by atoms with van der Waals surface area (Å²) in [6.07, 6.45) is 1.63. The van der Waals surface area contributed by atoms with Crippen LogP contribution in [0.15, 0.2) is 89.1 Å². The molecule has 1 aliphatic rings. The summed E-state index contributed by atoms with van der Waals surface area (Å²) in [7, 11) is 0. The third kappa shape index (κ3) is 6.94. The highest BCUT2D eigenvalue weighted by molar-refractivity contribution is 8.15. The fraction of sp³-hybridized carbons (Fsp3) is 0.120. The third-order valence-corrected chi connectivity index (χ3v) is 6.04. The molecule has 0 radical (unpaired) electrons. The first kappa shape index (κ1) is 23.5. The van der Waals surface area contributed by atoms with Gasteiger partial charge in [-0.05, 0) is 59.7 Å². The van der Waals surface area contributed by atoms with E-state index in [1.54, 1.807) is 18.3 Å². The highest BCUT2D eigenvalue weighted by atomic mass is 35.5. The number of para-hydroxylation sites is 1. The van der Waals surface area contributed by atoms with Crippen molar-refractivity contribution in [1.82, 2.24) is 5.32 Å². The number of benzene rings is 3. The molecule has 3 aromatic carbocycles. The summed E-state index contributed by atoms with van der Waals surface area (Å²) in [6.45, 7) is 0.420. The Labute approximate surface area is 206 Å². The van der Waals surface area contributed by atoms with Gasteiger partial charge in [0.25, 0.3) is 0 Å². The van der Waals surface area contributed by atoms with E-state index in [0.717, 1.165) is 16.9 Å². The number of amidine groups is 1. The number of hydrogen-bond acceptors (Lipinski definition) is 6. The van der Waals surface area contributed by atoms with Gasteiger partial charge in [-0.3, -0.25) is 9.59 Å². The molecular weight excluding hydrogens is 472 g/mol. The molecule has 1 saturated heterocycles. The van der Waals surface area contributed by atoms with Crippen molar-refractivity contribution in [3.05, 3.63) is 95.0 Å². The highest BCUT2D eigenvalue weighted by Gasteiger charge is 2.32. The number of halogens is 1. The maximum absolute atomic E-state index is 12.2. The van der Waals surface area contributed by atoms with Gasteiger partial charge in [-0.25, -0.2) is 0 Å². The van der Waals surface area contributed by atoms with Gasteiger partial charge in [0.2, 0.25) is 11.8 Å². The first-order valence-electron chi connectivity index (χ1n) is 10.5. The summed E-state index contributed by atoms with van der Waals surface area (Å²) in [4.78, 5) is 24.4. The van der Waals surface area contributed by atoms with Crippen LogP contribution >= 0.6 is 23.4 Å². The zero-order valence-electron chi connectivity index (χ0n) is 18.0. The predicted molar refractivity (Wildman–Crippen MR) is 136 cm³/mol. The molecule has 1 fully saturated rings. The van der Waals surface area contributed by atoms with E-state index in [1.807, 2.05) is 66.7 Å². The number of ether oxygens (including phenoxy) is 1. The van der Waals surface area contributed by atoms with Crippen LogP contribution in [-0.4, -0.2) is 28.4 Å². The van der Waals surface area contributed by atoms with Crippen LogP contribution in [0.1, 0.15) is 17.5 Å². The second-order valence-electron chi connectivity index (χ2n) is 7.35. The molecule has 0 saturated carbocycles. The molecule has 7 nitrogen and oxygen atoms in total. The molecule has 1 atom stereocenters. The normalized spacial score (nSPS) is 16.6. The van der Waals surface area contributed by atoms with E-state index in [2.05, 4.69) is 20.8 Å². The second kappa shape index (κ2) is 11.5. The molecule has 0 spiro atoms. The number of carbonyl (C=O) groups is 2.